The van der Waals surface area contributed by atoms with Crippen LogP contribution in [0.4, 0.5) is 4.39 Å². The van der Waals surface area contributed by atoms with Gasteiger partial charge < -0.3 is 5.11 Å². The number of aromatic carboxylic acids is 1. The number of carboxylic acids is 1. The van der Waals surface area contributed by atoms with Gasteiger partial charge in [-0.25, -0.2) is 9.18 Å². The van der Waals surface area contributed by atoms with Gasteiger partial charge in [0.15, 0.2) is 0 Å². The number of carboxylic acid groups (broad SMARTS) is 1. The molecule has 0 amide bonds. The van der Waals surface area contributed by atoms with Crippen molar-refractivity contribution in [2.24, 2.45) is 5.92 Å². The highest BCUT2D eigenvalue weighted by molar-refractivity contribution is 5.87. The molecule has 0 aromatic heterocycles. The van der Waals surface area contributed by atoms with E-state index in [1.54, 1.807) is 6.07 Å². The number of benzene rings is 1. The zero-order chi connectivity index (χ0) is 16.0. The van der Waals surface area contributed by atoms with E-state index < -0.39 is 11.8 Å². The molecule has 0 heterocycles. The van der Waals surface area contributed by atoms with Crippen molar-refractivity contribution in [2.75, 3.05) is 6.54 Å². The molecule has 1 aromatic carbocycles. The number of hydrogen-bond donors (Lipinski definition) is 1. The molecule has 1 rings (SSSR count). The second-order valence-electron chi connectivity index (χ2n) is 5.91. The largest absolute Gasteiger partial charge is 0.478 e. The lowest BCUT2D eigenvalue weighted by Gasteiger charge is -2.32. The van der Waals surface area contributed by atoms with Gasteiger partial charge >= 0.3 is 5.97 Å². The van der Waals surface area contributed by atoms with Crippen molar-refractivity contribution in [1.82, 2.24) is 4.90 Å². The third-order valence-corrected chi connectivity index (χ3v) is 3.71. The van der Waals surface area contributed by atoms with Gasteiger partial charge in [-0.05, 0) is 36.5 Å². The highest BCUT2D eigenvalue weighted by Gasteiger charge is 2.18. The highest BCUT2D eigenvalue weighted by Crippen LogP contribution is 2.18. The summed E-state index contributed by atoms with van der Waals surface area (Å²) in [5, 5.41) is 8.87. The van der Waals surface area contributed by atoms with Gasteiger partial charge in [0.05, 0.1) is 5.56 Å². The first-order valence-electron chi connectivity index (χ1n) is 7.64. The van der Waals surface area contributed by atoms with Gasteiger partial charge in [-0.1, -0.05) is 33.8 Å². The topological polar surface area (TPSA) is 40.5 Å². The van der Waals surface area contributed by atoms with Crippen LogP contribution in [0.3, 0.4) is 0 Å². The maximum atomic E-state index is 13.8. The Labute approximate surface area is 126 Å². The minimum absolute atomic E-state index is 0.267. The smallest absolute Gasteiger partial charge is 0.338 e. The number of carbonyl (C=O) groups is 1. The average Bonchev–Trinajstić information content (AvgIpc) is 2.38. The molecule has 0 saturated carbocycles. The van der Waals surface area contributed by atoms with Crippen molar-refractivity contribution in [3.8, 4) is 0 Å². The van der Waals surface area contributed by atoms with Gasteiger partial charge in [-0.2, -0.15) is 0 Å². The standard InChI is InChI=1S/C17H26FNO2/c1-5-14(6-2)19(10-12(3)4)11-13-7-8-15(17(20)21)16(18)9-13/h7-9,12,14H,5-6,10-11H2,1-4H3,(H,20,21). The second-order valence-corrected chi connectivity index (χ2v) is 5.91. The molecular formula is C17H26FNO2. The Kier molecular flexibility index (Phi) is 6.82. The Bertz CT molecular complexity index is 470. The molecule has 0 radical (unpaired) electrons. The van der Waals surface area contributed by atoms with Crippen molar-refractivity contribution in [3.05, 3.63) is 35.1 Å². The van der Waals surface area contributed by atoms with Crippen LogP contribution in [-0.2, 0) is 6.54 Å². The third kappa shape index (κ3) is 5.12. The maximum Gasteiger partial charge on any atom is 0.338 e. The Morgan fingerprint density at radius 1 is 1.29 bits per heavy atom. The summed E-state index contributed by atoms with van der Waals surface area (Å²) in [5.41, 5.74) is 0.557. The Balaban J connectivity index is 2.92. The first-order chi connectivity index (χ1) is 9.88. The van der Waals surface area contributed by atoms with E-state index in [1.807, 2.05) is 0 Å². The fourth-order valence-electron chi connectivity index (χ4n) is 2.68. The van der Waals surface area contributed by atoms with Crippen LogP contribution >= 0.6 is 0 Å². The van der Waals surface area contributed by atoms with Crippen LogP contribution in [0.2, 0.25) is 0 Å². The monoisotopic (exact) mass is 295 g/mol. The van der Waals surface area contributed by atoms with Crippen LogP contribution in [0.5, 0.6) is 0 Å². The van der Waals surface area contributed by atoms with E-state index in [0.717, 1.165) is 24.9 Å². The summed E-state index contributed by atoms with van der Waals surface area (Å²) in [5.74, 6) is -1.35. The molecule has 0 aliphatic carbocycles. The predicted molar refractivity (Wildman–Crippen MR) is 83.0 cm³/mol. The number of rotatable bonds is 8. The zero-order valence-corrected chi connectivity index (χ0v) is 13.4. The molecular weight excluding hydrogens is 269 g/mol. The number of halogens is 1. The minimum atomic E-state index is -1.22. The van der Waals surface area contributed by atoms with E-state index in [9.17, 15) is 9.18 Å². The fourth-order valence-corrected chi connectivity index (χ4v) is 2.68. The SMILES string of the molecule is CCC(CC)N(Cc1ccc(C(=O)O)c(F)c1)CC(C)C. The van der Waals surface area contributed by atoms with E-state index in [4.69, 9.17) is 5.11 Å². The van der Waals surface area contributed by atoms with Crippen LogP contribution in [0.15, 0.2) is 18.2 Å². The van der Waals surface area contributed by atoms with Crippen LogP contribution in [0, 0.1) is 11.7 Å². The van der Waals surface area contributed by atoms with Crippen LogP contribution in [0.25, 0.3) is 0 Å². The second kappa shape index (κ2) is 8.13. The van der Waals surface area contributed by atoms with Gasteiger partial charge in [0, 0.05) is 19.1 Å². The summed E-state index contributed by atoms with van der Waals surface area (Å²) in [7, 11) is 0. The molecule has 3 nitrogen and oxygen atoms in total. The van der Waals surface area contributed by atoms with Gasteiger partial charge in [0.2, 0.25) is 0 Å². The van der Waals surface area contributed by atoms with Crippen molar-refractivity contribution >= 4 is 5.97 Å². The normalized spacial score (nSPS) is 11.6. The lowest BCUT2D eigenvalue weighted by molar-refractivity contribution is 0.0692. The predicted octanol–water partition coefficient (Wildman–Crippen LogP) is 4.17. The molecule has 118 valence electrons. The van der Waals surface area contributed by atoms with Gasteiger partial charge in [-0.3, -0.25) is 4.90 Å². The third-order valence-electron chi connectivity index (χ3n) is 3.71. The molecule has 0 aliphatic rings. The molecule has 0 bridgehead atoms. The molecule has 1 aromatic rings. The Morgan fingerprint density at radius 2 is 1.90 bits per heavy atom. The summed E-state index contributed by atoms with van der Waals surface area (Å²) >= 11 is 0. The van der Waals surface area contributed by atoms with Crippen molar-refractivity contribution < 1.29 is 14.3 Å². The van der Waals surface area contributed by atoms with Crippen molar-refractivity contribution in [3.63, 3.8) is 0 Å². The quantitative estimate of drug-likeness (QED) is 0.782. The molecule has 21 heavy (non-hydrogen) atoms. The lowest BCUT2D eigenvalue weighted by atomic mass is 10.0. The minimum Gasteiger partial charge on any atom is -0.478 e. The zero-order valence-electron chi connectivity index (χ0n) is 13.4. The van der Waals surface area contributed by atoms with E-state index in [0.29, 0.717) is 18.5 Å². The first kappa shape index (κ1) is 17.6. The molecule has 0 fully saturated rings. The van der Waals surface area contributed by atoms with Crippen molar-refractivity contribution in [2.45, 2.75) is 53.1 Å². The highest BCUT2D eigenvalue weighted by atomic mass is 19.1. The lowest BCUT2D eigenvalue weighted by Crippen LogP contribution is -2.36. The fraction of sp³-hybridized carbons (Fsp3) is 0.588. The summed E-state index contributed by atoms with van der Waals surface area (Å²) in [6, 6.07) is 4.88. The van der Waals surface area contributed by atoms with Crippen molar-refractivity contribution in [1.29, 1.82) is 0 Å². The molecule has 1 N–H and O–H groups in total. The van der Waals surface area contributed by atoms with Gasteiger partial charge in [-0.15, -0.1) is 0 Å². The van der Waals surface area contributed by atoms with Gasteiger partial charge in [0.1, 0.15) is 5.82 Å². The average molecular weight is 295 g/mol. The molecule has 0 atom stereocenters. The molecule has 0 aliphatic heterocycles. The Hall–Kier alpha value is -1.42. The van der Waals surface area contributed by atoms with E-state index >= 15 is 0 Å². The molecule has 0 saturated heterocycles. The summed E-state index contributed by atoms with van der Waals surface area (Å²) < 4.78 is 13.8. The van der Waals surface area contributed by atoms with E-state index in [-0.39, 0.29) is 5.56 Å². The van der Waals surface area contributed by atoms with Gasteiger partial charge in [0.25, 0.3) is 0 Å². The molecule has 0 spiro atoms. The number of nitrogens with zero attached hydrogens (tertiary/aromatic N) is 1. The van der Waals surface area contributed by atoms with E-state index in [1.165, 1.54) is 12.1 Å². The summed E-state index contributed by atoms with van der Waals surface area (Å²) in [6.07, 6.45) is 2.11. The molecule has 0 unspecified atom stereocenters. The van der Waals surface area contributed by atoms with Crippen LogP contribution in [-0.4, -0.2) is 28.6 Å². The van der Waals surface area contributed by atoms with E-state index in [2.05, 4.69) is 32.6 Å². The maximum absolute atomic E-state index is 13.8. The first-order valence-corrected chi connectivity index (χ1v) is 7.64. The molecule has 4 heteroatoms. The summed E-state index contributed by atoms with van der Waals surface area (Å²) in [6.45, 7) is 10.3. The summed E-state index contributed by atoms with van der Waals surface area (Å²) in [4.78, 5) is 13.2. The van der Waals surface area contributed by atoms with Crippen LogP contribution in [0.1, 0.15) is 56.5 Å². The number of hydrogen-bond acceptors (Lipinski definition) is 2. The van der Waals surface area contributed by atoms with Crippen LogP contribution < -0.4 is 0 Å². The Morgan fingerprint density at radius 3 is 2.33 bits per heavy atom.